The van der Waals surface area contributed by atoms with Crippen molar-refractivity contribution in [2.75, 3.05) is 62.5 Å². The summed E-state index contributed by atoms with van der Waals surface area (Å²) in [4.78, 5) is 65.3. The van der Waals surface area contributed by atoms with Crippen LogP contribution in [0.5, 0.6) is 34.5 Å². The monoisotopic (exact) mass is 1330 g/mol. The highest BCUT2D eigenvalue weighted by Gasteiger charge is 2.19. The number of nitrogens with zero attached hydrogens (tertiary/aromatic N) is 11. The number of pyridine rings is 6. The Morgan fingerprint density at radius 3 is 0.909 bits per heavy atom. The average molecular weight is 1330 g/mol. The highest BCUT2D eigenvalue weighted by atomic mass is 16.5. The number of esters is 3. The van der Waals surface area contributed by atoms with Crippen LogP contribution in [0.25, 0.3) is 83.2 Å². The van der Waals surface area contributed by atoms with E-state index in [1.165, 1.54) is 18.2 Å². The lowest BCUT2D eigenvalue weighted by atomic mass is 10.0. The molecule has 9 heterocycles. The predicted molar refractivity (Wildman–Crippen MR) is 377 cm³/mol. The Labute approximate surface area is 571 Å². The van der Waals surface area contributed by atoms with Crippen LogP contribution in [0, 0.1) is 0 Å². The van der Waals surface area contributed by atoms with E-state index in [0.29, 0.717) is 90.5 Å². The molecule has 0 spiro atoms. The molecule has 0 unspecified atom stereocenters. The number of aromatic nitrogens is 11. The fourth-order valence-electron chi connectivity index (χ4n) is 10.5. The second-order valence-electron chi connectivity index (χ2n) is 22.0. The molecule has 12 rings (SSSR count). The van der Waals surface area contributed by atoms with E-state index >= 15 is 0 Å². The summed E-state index contributed by atoms with van der Waals surface area (Å²) in [6.07, 6.45) is 21.1. The molecule has 0 atom stereocenters. The maximum Gasteiger partial charge on any atom is 0.331 e. The lowest BCUT2D eigenvalue weighted by Gasteiger charge is -2.12. The van der Waals surface area contributed by atoms with Gasteiger partial charge >= 0.3 is 17.9 Å². The highest BCUT2D eigenvalue weighted by molar-refractivity contribution is 5.99. The molecule has 9 aromatic heterocycles. The summed E-state index contributed by atoms with van der Waals surface area (Å²) in [5.74, 6) is 2.23. The Kier molecular flexibility index (Phi) is 22.6. The van der Waals surface area contributed by atoms with Gasteiger partial charge in [-0.15, -0.1) is 0 Å². The molecule has 0 aliphatic rings. The molecule has 0 aliphatic carbocycles. The highest BCUT2D eigenvalue weighted by Crippen LogP contribution is 2.36. The fraction of sp³-hybridized carbons (Fsp3) is 0.197. The lowest BCUT2D eigenvalue weighted by Crippen LogP contribution is -2.03. The van der Waals surface area contributed by atoms with Crippen LogP contribution in [-0.4, -0.2) is 134 Å². The molecule has 23 nitrogen and oxygen atoms in total. The Hall–Kier alpha value is -12.5. The number of fused-ring (bicyclic) bond motifs is 3. The van der Waals surface area contributed by atoms with E-state index in [1.54, 1.807) is 116 Å². The number of carbonyl (C=O) groups is 3. The molecule has 0 radical (unpaired) electrons. The lowest BCUT2D eigenvalue weighted by molar-refractivity contribution is -0.138. The molecular weight excluding hydrogens is 1260 g/mol. The molecule has 23 heteroatoms. The standard InChI is InChI=1S/C26H25N3O4.2C25H24N4O4/c1-5-33-26(30)14-22(18-10-20(31-3)13-21(11-18)32-4)23-6-7-24-25(28-23)12-19(15-27-24)17-8-9-29(2)16-17;2*1-5-33-25(30)12-21(16-8-19(31-3)11-20(9-16)32-4)22-6-7-23-24(28-22)10-17(13-26-23)18-14-27-29(2)15-18/h6-16H,5H2,1-4H3;2*6-15H,5H2,1-4H3/b22-14-;21-12+;21-12-. The maximum absolute atomic E-state index is 12.4. The van der Waals surface area contributed by atoms with Crippen molar-refractivity contribution in [1.29, 1.82) is 0 Å². The van der Waals surface area contributed by atoms with Crippen LogP contribution in [0.15, 0.2) is 189 Å². The Morgan fingerprint density at radius 1 is 0.354 bits per heavy atom. The number of carbonyl (C=O) groups excluding carboxylic acids is 3. The first-order valence-corrected chi connectivity index (χ1v) is 31.3. The number of rotatable bonds is 21. The molecule has 0 saturated carbocycles. The minimum Gasteiger partial charge on any atom is -0.497 e. The third-order valence-electron chi connectivity index (χ3n) is 15.3. The van der Waals surface area contributed by atoms with Gasteiger partial charge in [-0.3, -0.25) is 24.3 Å². The van der Waals surface area contributed by atoms with Crippen LogP contribution in [0.1, 0.15) is 54.5 Å². The van der Waals surface area contributed by atoms with Gasteiger partial charge in [0.1, 0.15) is 34.5 Å². The number of ether oxygens (including phenoxy) is 9. The van der Waals surface area contributed by atoms with Crippen LogP contribution >= 0.6 is 0 Å². The summed E-state index contributed by atoms with van der Waals surface area (Å²) in [7, 11) is 15.2. The van der Waals surface area contributed by atoms with Crippen molar-refractivity contribution in [2.24, 2.45) is 21.1 Å². The molecular formula is C76H73N11O12. The zero-order valence-corrected chi connectivity index (χ0v) is 56.8. The summed E-state index contributed by atoms with van der Waals surface area (Å²) >= 11 is 0. The Morgan fingerprint density at radius 2 is 0.657 bits per heavy atom. The second kappa shape index (κ2) is 32.3. The molecule has 0 saturated heterocycles. The van der Waals surface area contributed by atoms with E-state index in [9.17, 15) is 14.4 Å². The summed E-state index contributed by atoms with van der Waals surface area (Å²) in [5.41, 5.74) is 15.8. The van der Waals surface area contributed by atoms with E-state index in [0.717, 1.165) is 61.0 Å². The van der Waals surface area contributed by atoms with Crippen LogP contribution < -0.4 is 28.4 Å². The van der Waals surface area contributed by atoms with Gasteiger partial charge in [-0.05, 0) is 135 Å². The molecule has 0 N–H and O–H groups in total. The third kappa shape index (κ3) is 17.3. The minimum atomic E-state index is -0.460. The van der Waals surface area contributed by atoms with Crippen LogP contribution in [-0.2, 0) is 49.7 Å². The fourth-order valence-corrected chi connectivity index (χ4v) is 10.5. The molecule has 0 bridgehead atoms. The summed E-state index contributed by atoms with van der Waals surface area (Å²) < 4.78 is 53.4. The normalized spacial score (nSPS) is 11.5. The molecule has 0 fully saturated rings. The molecule has 0 amide bonds. The van der Waals surface area contributed by atoms with Crippen LogP contribution in [0.4, 0.5) is 0 Å². The average Bonchev–Trinajstić information content (AvgIpc) is 1.31. The first kappa shape index (κ1) is 69.3. The van der Waals surface area contributed by atoms with Crippen molar-refractivity contribution >= 4 is 67.7 Å². The molecule has 99 heavy (non-hydrogen) atoms. The molecule has 504 valence electrons. The minimum absolute atomic E-state index is 0.271. The van der Waals surface area contributed by atoms with Gasteiger partial charge in [0, 0.05) is 151 Å². The first-order valence-electron chi connectivity index (χ1n) is 31.3. The van der Waals surface area contributed by atoms with Gasteiger partial charge in [-0.1, -0.05) is 0 Å². The Bertz CT molecular complexity index is 4450. The van der Waals surface area contributed by atoms with Gasteiger partial charge in [0.25, 0.3) is 0 Å². The third-order valence-corrected chi connectivity index (χ3v) is 15.3. The van der Waals surface area contributed by atoms with Gasteiger partial charge in [0.15, 0.2) is 0 Å². The van der Waals surface area contributed by atoms with Crippen molar-refractivity contribution < 1.29 is 57.0 Å². The summed E-state index contributed by atoms with van der Waals surface area (Å²) in [6.45, 7) is 6.12. The van der Waals surface area contributed by atoms with E-state index in [4.69, 9.17) is 57.6 Å². The second-order valence-corrected chi connectivity index (χ2v) is 22.0. The summed E-state index contributed by atoms with van der Waals surface area (Å²) in [6, 6.07) is 35.3. The largest absolute Gasteiger partial charge is 0.497 e. The number of hydrogen-bond donors (Lipinski definition) is 0. The predicted octanol–water partition coefficient (Wildman–Crippen LogP) is 12.7. The topological polar surface area (TPSA) is 252 Å². The van der Waals surface area contributed by atoms with Crippen LogP contribution in [0.3, 0.4) is 0 Å². The van der Waals surface area contributed by atoms with Crippen molar-refractivity contribution in [3.63, 3.8) is 0 Å². The SMILES string of the molecule is CCOC(=O)/C=C(/c1cc(OC)cc(OC)c1)c1ccc2ncc(-c3ccn(C)c3)cc2n1.CCOC(=O)/C=C(/c1cc(OC)cc(OC)c1)c1ccc2ncc(-c3cnn(C)c3)cc2n1.CCOC(=O)/C=C(\c1cc(OC)cc(OC)c1)c1ccc2ncc(-c3cnn(C)c3)cc2n1. The molecule has 12 aromatic rings. The molecule has 3 aromatic carbocycles. The quantitative estimate of drug-likeness (QED) is 0.0368. The van der Waals surface area contributed by atoms with Crippen molar-refractivity contribution in [2.45, 2.75) is 20.8 Å². The Balaban J connectivity index is 0.000000161. The van der Waals surface area contributed by atoms with Gasteiger partial charge < -0.3 is 47.2 Å². The van der Waals surface area contributed by atoms with Crippen LogP contribution in [0.2, 0.25) is 0 Å². The van der Waals surface area contributed by atoms with Crippen molar-refractivity contribution in [1.82, 2.24) is 54.0 Å². The number of aryl methyl sites for hydroxylation is 3. The van der Waals surface area contributed by atoms with E-state index in [2.05, 4.69) is 25.1 Å². The first-order chi connectivity index (χ1) is 48.0. The van der Waals surface area contributed by atoms with Crippen molar-refractivity contribution in [3.05, 3.63) is 223 Å². The van der Waals surface area contributed by atoms with Gasteiger partial charge in [-0.25, -0.2) is 29.3 Å². The zero-order chi connectivity index (χ0) is 70.1. The van der Waals surface area contributed by atoms with E-state index < -0.39 is 17.9 Å². The van der Waals surface area contributed by atoms with Crippen molar-refractivity contribution in [3.8, 4) is 67.9 Å². The van der Waals surface area contributed by atoms with Gasteiger partial charge in [-0.2, -0.15) is 10.2 Å². The van der Waals surface area contributed by atoms with E-state index in [-0.39, 0.29) is 19.8 Å². The molecule has 0 aliphatic heterocycles. The number of benzene rings is 3. The van der Waals surface area contributed by atoms with E-state index in [1.807, 2.05) is 154 Å². The summed E-state index contributed by atoms with van der Waals surface area (Å²) in [5, 5.41) is 8.45. The number of hydrogen-bond acceptors (Lipinski definition) is 20. The zero-order valence-electron chi connectivity index (χ0n) is 56.8. The number of methoxy groups -OCH3 is 6. The van der Waals surface area contributed by atoms with Gasteiger partial charge in [0.05, 0.1) is 125 Å². The van der Waals surface area contributed by atoms with Gasteiger partial charge in [0.2, 0.25) is 0 Å². The maximum atomic E-state index is 12.4. The smallest absolute Gasteiger partial charge is 0.331 e.